The second-order valence-corrected chi connectivity index (χ2v) is 9.17. The number of rotatable bonds is 2. The minimum atomic E-state index is -3.43. The van der Waals surface area contributed by atoms with Crippen molar-refractivity contribution in [1.29, 1.82) is 0 Å². The van der Waals surface area contributed by atoms with Gasteiger partial charge in [-0.3, -0.25) is 0 Å². The summed E-state index contributed by atoms with van der Waals surface area (Å²) in [5.74, 6) is 0. The van der Waals surface area contributed by atoms with Gasteiger partial charge in [0.05, 0.1) is 4.90 Å². The molecule has 116 valence electrons. The number of halogens is 1. The van der Waals surface area contributed by atoms with Gasteiger partial charge in [0.2, 0.25) is 10.0 Å². The summed E-state index contributed by atoms with van der Waals surface area (Å²) in [5, 5.41) is -0.0722. The van der Waals surface area contributed by atoms with Gasteiger partial charge in [-0.05, 0) is 43.7 Å². The fraction of sp³-hybridized carbons (Fsp3) is 0.625. The molecule has 0 N–H and O–H groups in total. The molecule has 3 rings (SSSR count). The van der Waals surface area contributed by atoms with Crippen LogP contribution < -0.4 is 0 Å². The number of hydrogen-bond donors (Lipinski definition) is 0. The van der Waals surface area contributed by atoms with Crippen LogP contribution in [0.2, 0.25) is 0 Å². The summed E-state index contributed by atoms with van der Waals surface area (Å²) in [5.41, 5.74) is 1.18. The number of aryl methyl sites for hydroxylation is 1. The Morgan fingerprint density at radius 1 is 1.19 bits per heavy atom. The maximum absolute atomic E-state index is 12.9. The van der Waals surface area contributed by atoms with Crippen LogP contribution in [0.15, 0.2) is 29.2 Å². The first-order chi connectivity index (χ1) is 9.91. The van der Waals surface area contributed by atoms with Crippen molar-refractivity contribution < 1.29 is 8.42 Å². The van der Waals surface area contributed by atoms with E-state index in [2.05, 4.69) is 0 Å². The monoisotopic (exact) mass is 327 g/mol. The van der Waals surface area contributed by atoms with Crippen molar-refractivity contribution in [2.24, 2.45) is 5.41 Å². The summed E-state index contributed by atoms with van der Waals surface area (Å²) in [6.45, 7) is 3.02. The van der Waals surface area contributed by atoms with Crippen molar-refractivity contribution in [2.75, 3.05) is 13.1 Å². The maximum atomic E-state index is 12.9. The van der Waals surface area contributed by atoms with E-state index in [1.807, 2.05) is 19.1 Å². The van der Waals surface area contributed by atoms with Crippen molar-refractivity contribution in [3.05, 3.63) is 29.8 Å². The standard InChI is InChI=1S/C16H22ClNO2S/c1-13-4-6-15(7-5-13)21(19,20)18-11-14(17)10-16(12-18)8-2-3-9-16/h4-7,14H,2-3,8-12H2,1H3/t14-/m1/s1. The van der Waals surface area contributed by atoms with Crippen LogP contribution in [0.25, 0.3) is 0 Å². The Balaban J connectivity index is 1.89. The molecule has 2 aliphatic rings. The molecule has 2 fully saturated rings. The van der Waals surface area contributed by atoms with E-state index in [1.54, 1.807) is 16.4 Å². The Hall–Kier alpha value is -0.580. The third-order valence-corrected chi connectivity index (χ3v) is 7.01. The van der Waals surface area contributed by atoms with Crippen LogP contribution in [0.3, 0.4) is 0 Å². The van der Waals surface area contributed by atoms with Gasteiger partial charge >= 0.3 is 0 Å². The summed E-state index contributed by atoms with van der Waals surface area (Å²) < 4.78 is 27.3. The molecule has 1 spiro atoms. The molecular weight excluding hydrogens is 306 g/mol. The maximum Gasteiger partial charge on any atom is 0.243 e. The van der Waals surface area contributed by atoms with Gasteiger partial charge in [-0.1, -0.05) is 30.5 Å². The van der Waals surface area contributed by atoms with Crippen molar-refractivity contribution >= 4 is 21.6 Å². The summed E-state index contributed by atoms with van der Waals surface area (Å²) in [4.78, 5) is 0.381. The first-order valence-corrected chi connectivity index (χ1v) is 9.50. The highest BCUT2D eigenvalue weighted by atomic mass is 35.5. The summed E-state index contributed by atoms with van der Waals surface area (Å²) in [7, 11) is -3.43. The van der Waals surface area contributed by atoms with Gasteiger partial charge in [0, 0.05) is 18.5 Å². The molecule has 3 nitrogen and oxygen atoms in total. The SMILES string of the molecule is Cc1ccc(S(=O)(=O)N2C[C@H](Cl)CC3(CCCC3)C2)cc1. The van der Waals surface area contributed by atoms with Gasteiger partial charge in [-0.2, -0.15) is 4.31 Å². The fourth-order valence-corrected chi connectivity index (χ4v) is 5.96. The highest BCUT2D eigenvalue weighted by Gasteiger charge is 2.44. The van der Waals surface area contributed by atoms with Gasteiger partial charge in [-0.15, -0.1) is 11.6 Å². The number of sulfonamides is 1. The topological polar surface area (TPSA) is 37.4 Å². The van der Waals surface area contributed by atoms with Gasteiger partial charge in [0.15, 0.2) is 0 Å². The normalized spacial score (nSPS) is 26.3. The summed E-state index contributed by atoms with van der Waals surface area (Å²) >= 11 is 6.39. The Kier molecular flexibility index (Phi) is 4.06. The minimum absolute atomic E-state index is 0.0722. The van der Waals surface area contributed by atoms with Crippen LogP contribution in [0, 0.1) is 12.3 Å². The van der Waals surface area contributed by atoms with E-state index in [9.17, 15) is 8.42 Å². The highest BCUT2D eigenvalue weighted by molar-refractivity contribution is 7.89. The van der Waals surface area contributed by atoms with Crippen molar-refractivity contribution in [3.63, 3.8) is 0 Å². The average Bonchev–Trinajstić information content (AvgIpc) is 2.86. The zero-order chi connectivity index (χ0) is 15.1. The molecule has 1 atom stereocenters. The number of nitrogens with zero attached hydrogens (tertiary/aromatic N) is 1. The first-order valence-electron chi connectivity index (χ1n) is 7.62. The minimum Gasteiger partial charge on any atom is -0.207 e. The smallest absolute Gasteiger partial charge is 0.207 e. The molecule has 21 heavy (non-hydrogen) atoms. The Bertz CT molecular complexity index is 606. The molecule has 0 aromatic heterocycles. The molecule has 0 amide bonds. The lowest BCUT2D eigenvalue weighted by atomic mass is 9.79. The highest BCUT2D eigenvalue weighted by Crippen LogP contribution is 2.46. The van der Waals surface area contributed by atoms with E-state index in [0.29, 0.717) is 18.0 Å². The molecular formula is C16H22ClNO2S. The quantitative estimate of drug-likeness (QED) is 0.779. The molecule has 1 aliphatic heterocycles. The summed E-state index contributed by atoms with van der Waals surface area (Å²) in [6.07, 6.45) is 5.56. The van der Waals surface area contributed by atoms with Crippen molar-refractivity contribution in [1.82, 2.24) is 4.31 Å². The van der Waals surface area contributed by atoms with Crippen LogP contribution >= 0.6 is 11.6 Å². The molecule has 5 heteroatoms. The fourth-order valence-electron chi connectivity index (χ4n) is 3.79. The molecule has 0 unspecified atom stereocenters. The van der Waals surface area contributed by atoms with Gasteiger partial charge in [0.25, 0.3) is 0 Å². The Labute approximate surface area is 132 Å². The predicted molar refractivity (Wildman–Crippen MR) is 85.1 cm³/mol. The van der Waals surface area contributed by atoms with E-state index in [0.717, 1.165) is 24.8 Å². The third kappa shape index (κ3) is 2.99. The number of hydrogen-bond acceptors (Lipinski definition) is 2. The zero-order valence-electron chi connectivity index (χ0n) is 12.4. The molecule has 1 heterocycles. The molecule has 1 aliphatic carbocycles. The molecule has 1 saturated heterocycles. The Morgan fingerprint density at radius 2 is 1.81 bits per heavy atom. The van der Waals surface area contributed by atoms with Crippen LogP contribution in [-0.4, -0.2) is 31.2 Å². The molecule has 0 bridgehead atoms. The molecule has 1 aromatic rings. The van der Waals surface area contributed by atoms with Crippen molar-refractivity contribution in [3.8, 4) is 0 Å². The Morgan fingerprint density at radius 3 is 2.43 bits per heavy atom. The second kappa shape index (κ2) is 5.56. The average molecular weight is 328 g/mol. The molecule has 0 radical (unpaired) electrons. The van der Waals surface area contributed by atoms with E-state index < -0.39 is 10.0 Å². The lowest BCUT2D eigenvalue weighted by Gasteiger charge is -2.42. The molecule has 1 saturated carbocycles. The predicted octanol–water partition coefficient (Wildman–Crippen LogP) is 3.56. The second-order valence-electron chi connectivity index (χ2n) is 6.62. The van der Waals surface area contributed by atoms with E-state index in [1.165, 1.54) is 12.8 Å². The van der Waals surface area contributed by atoms with E-state index in [-0.39, 0.29) is 10.8 Å². The largest absolute Gasteiger partial charge is 0.243 e. The van der Waals surface area contributed by atoms with Crippen LogP contribution in [-0.2, 0) is 10.0 Å². The third-order valence-electron chi connectivity index (χ3n) is 4.89. The van der Waals surface area contributed by atoms with Gasteiger partial charge < -0.3 is 0 Å². The number of piperidine rings is 1. The zero-order valence-corrected chi connectivity index (χ0v) is 14.0. The van der Waals surface area contributed by atoms with E-state index in [4.69, 9.17) is 11.6 Å². The summed E-state index contributed by atoms with van der Waals surface area (Å²) in [6, 6.07) is 7.09. The lowest BCUT2D eigenvalue weighted by molar-refractivity contribution is 0.155. The van der Waals surface area contributed by atoms with Crippen LogP contribution in [0.5, 0.6) is 0 Å². The van der Waals surface area contributed by atoms with Gasteiger partial charge in [-0.25, -0.2) is 8.42 Å². The van der Waals surface area contributed by atoms with Crippen molar-refractivity contribution in [2.45, 2.75) is 49.3 Å². The lowest BCUT2D eigenvalue weighted by Crippen LogP contribution is -2.49. The first kappa shape index (κ1) is 15.3. The molecule has 1 aromatic carbocycles. The van der Waals surface area contributed by atoms with Gasteiger partial charge in [0.1, 0.15) is 0 Å². The van der Waals surface area contributed by atoms with E-state index >= 15 is 0 Å². The van der Waals surface area contributed by atoms with Crippen LogP contribution in [0.4, 0.5) is 0 Å². The van der Waals surface area contributed by atoms with Crippen LogP contribution in [0.1, 0.15) is 37.7 Å². The number of alkyl halides is 1. The number of benzene rings is 1.